The first-order valence-electron chi connectivity index (χ1n) is 5.47. The van der Waals surface area contributed by atoms with Gasteiger partial charge in [-0.2, -0.15) is 4.98 Å². The second-order valence-electron chi connectivity index (χ2n) is 3.68. The molecule has 0 radical (unpaired) electrons. The van der Waals surface area contributed by atoms with Crippen LogP contribution in [0.5, 0.6) is 0 Å². The molecule has 0 spiro atoms. The van der Waals surface area contributed by atoms with Gasteiger partial charge in [-0.25, -0.2) is 4.98 Å². The van der Waals surface area contributed by atoms with Crippen LogP contribution >= 0.6 is 15.9 Å². The summed E-state index contributed by atoms with van der Waals surface area (Å²) in [6.07, 6.45) is 4.18. The number of aryl methyl sites for hydroxylation is 1. The zero-order valence-corrected chi connectivity index (χ0v) is 11.8. The van der Waals surface area contributed by atoms with E-state index < -0.39 is 0 Å². The lowest BCUT2D eigenvalue weighted by Gasteiger charge is -2.08. The summed E-state index contributed by atoms with van der Waals surface area (Å²) >= 11 is 3.40. The molecule has 0 unspecified atom stereocenters. The van der Waals surface area contributed by atoms with Crippen LogP contribution in [0, 0.1) is 0 Å². The molecule has 0 saturated heterocycles. The molecule has 7 nitrogen and oxygen atoms in total. The summed E-state index contributed by atoms with van der Waals surface area (Å²) in [5.74, 6) is 2.28. The van der Waals surface area contributed by atoms with Crippen molar-refractivity contribution >= 4 is 27.7 Å². The fourth-order valence-corrected chi connectivity index (χ4v) is 1.77. The topological polar surface area (TPSA) is 80.5 Å². The summed E-state index contributed by atoms with van der Waals surface area (Å²) in [5, 5.41) is 14.0. The van der Waals surface area contributed by atoms with Gasteiger partial charge in [-0.1, -0.05) is 0 Å². The molecule has 0 bridgehead atoms. The first kappa shape index (κ1) is 12.7. The van der Waals surface area contributed by atoms with Crippen LogP contribution in [-0.4, -0.2) is 38.3 Å². The number of nitrogens with one attached hydrogen (secondary N) is 2. The molecule has 2 heterocycles. The van der Waals surface area contributed by atoms with Crippen LogP contribution in [0.2, 0.25) is 0 Å². The smallest absolute Gasteiger partial charge is 0.224 e. The Bertz CT molecular complexity index is 525. The predicted octanol–water partition coefficient (Wildman–Crippen LogP) is 1.06. The third-order valence-corrected chi connectivity index (χ3v) is 2.99. The summed E-state index contributed by atoms with van der Waals surface area (Å²) in [7, 11) is 3.71. The van der Waals surface area contributed by atoms with Crippen molar-refractivity contribution in [1.29, 1.82) is 0 Å². The zero-order valence-electron chi connectivity index (χ0n) is 10.2. The van der Waals surface area contributed by atoms with Gasteiger partial charge in [0.05, 0.1) is 4.47 Å². The lowest BCUT2D eigenvalue weighted by Crippen LogP contribution is -2.11. The highest BCUT2D eigenvalue weighted by Gasteiger charge is 2.05. The van der Waals surface area contributed by atoms with Gasteiger partial charge in [0.25, 0.3) is 0 Å². The lowest BCUT2D eigenvalue weighted by molar-refractivity contribution is 0.787. The minimum absolute atomic E-state index is 0.583. The molecule has 8 heteroatoms. The van der Waals surface area contributed by atoms with Crippen molar-refractivity contribution in [3.8, 4) is 0 Å². The highest BCUT2D eigenvalue weighted by atomic mass is 79.9. The number of aromatic nitrogens is 5. The van der Waals surface area contributed by atoms with Gasteiger partial charge in [-0.3, -0.25) is 0 Å². The van der Waals surface area contributed by atoms with Crippen LogP contribution < -0.4 is 10.6 Å². The number of hydrogen-bond acceptors (Lipinski definition) is 6. The van der Waals surface area contributed by atoms with Gasteiger partial charge >= 0.3 is 0 Å². The molecule has 2 N–H and O–H groups in total. The second-order valence-corrected chi connectivity index (χ2v) is 4.53. The SMILES string of the molecule is CNc1ncc(Br)c(NCCc2nncn2C)n1. The van der Waals surface area contributed by atoms with E-state index in [1.54, 1.807) is 19.6 Å². The van der Waals surface area contributed by atoms with Crippen molar-refractivity contribution in [3.63, 3.8) is 0 Å². The molecule has 0 aromatic carbocycles. The Kier molecular flexibility index (Phi) is 4.08. The number of nitrogens with zero attached hydrogens (tertiary/aromatic N) is 5. The molecule has 0 saturated carbocycles. The zero-order chi connectivity index (χ0) is 13.0. The van der Waals surface area contributed by atoms with Crippen LogP contribution in [-0.2, 0) is 13.5 Å². The maximum Gasteiger partial charge on any atom is 0.224 e. The maximum atomic E-state index is 4.31. The molecule has 96 valence electrons. The van der Waals surface area contributed by atoms with Gasteiger partial charge in [0, 0.05) is 33.3 Å². The van der Waals surface area contributed by atoms with E-state index in [1.807, 2.05) is 11.6 Å². The summed E-state index contributed by atoms with van der Waals surface area (Å²) < 4.78 is 2.73. The largest absolute Gasteiger partial charge is 0.369 e. The van der Waals surface area contributed by atoms with E-state index in [-0.39, 0.29) is 0 Å². The van der Waals surface area contributed by atoms with E-state index in [9.17, 15) is 0 Å². The Hall–Kier alpha value is -1.70. The molecule has 2 rings (SSSR count). The molecule has 0 aliphatic heterocycles. The minimum atomic E-state index is 0.583. The monoisotopic (exact) mass is 311 g/mol. The van der Waals surface area contributed by atoms with Crippen LogP contribution in [0.25, 0.3) is 0 Å². The predicted molar refractivity (Wildman–Crippen MR) is 72.5 cm³/mol. The molecule has 0 amide bonds. The number of halogens is 1. The standard InChI is InChI=1S/C10H14BrN7/c1-12-10-14-5-7(11)9(16-10)13-4-3-8-17-15-6-18(8)2/h5-6H,3-4H2,1-2H3,(H2,12,13,14,16). The summed E-state index contributed by atoms with van der Waals surface area (Å²) in [4.78, 5) is 8.40. The van der Waals surface area contributed by atoms with Crippen molar-refractivity contribution in [2.45, 2.75) is 6.42 Å². The Morgan fingerprint density at radius 1 is 1.44 bits per heavy atom. The van der Waals surface area contributed by atoms with Crippen molar-refractivity contribution in [3.05, 3.63) is 22.8 Å². The van der Waals surface area contributed by atoms with Gasteiger partial charge in [0.1, 0.15) is 18.0 Å². The molecule has 0 aliphatic carbocycles. The lowest BCUT2D eigenvalue weighted by atomic mass is 10.4. The van der Waals surface area contributed by atoms with Crippen LogP contribution in [0.3, 0.4) is 0 Å². The number of hydrogen-bond donors (Lipinski definition) is 2. The Balaban J connectivity index is 1.96. The molecule has 0 aliphatic rings. The van der Waals surface area contributed by atoms with Crippen LogP contribution in [0.15, 0.2) is 17.0 Å². The van der Waals surface area contributed by atoms with E-state index in [2.05, 4.69) is 46.7 Å². The van der Waals surface area contributed by atoms with Crippen molar-refractivity contribution < 1.29 is 0 Å². The first-order valence-corrected chi connectivity index (χ1v) is 6.27. The molecule has 2 aromatic heterocycles. The number of rotatable bonds is 5. The van der Waals surface area contributed by atoms with E-state index in [0.29, 0.717) is 5.95 Å². The van der Waals surface area contributed by atoms with E-state index in [4.69, 9.17) is 0 Å². The van der Waals surface area contributed by atoms with Crippen molar-refractivity contribution in [2.75, 3.05) is 24.2 Å². The molecular formula is C10H14BrN7. The third-order valence-electron chi connectivity index (χ3n) is 2.41. The quantitative estimate of drug-likeness (QED) is 0.859. The normalized spacial score (nSPS) is 10.4. The van der Waals surface area contributed by atoms with E-state index in [0.717, 1.165) is 29.1 Å². The second kappa shape index (κ2) is 5.76. The first-order chi connectivity index (χ1) is 8.70. The average Bonchev–Trinajstić information content (AvgIpc) is 2.77. The highest BCUT2D eigenvalue weighted by Crippen LogP contribution is 2.19. The summed E-state index contributed by atoms with van der Waals surface area (Å²) in [6.45, 7) is 0.727. The van der Waals surface area contributed by atoms with E-state index >= 15 is 0 Å². The molecule has 2 aromatic rings. The fraction of sp³-hybridized carbons (Fsp3) is 0.400. The average molecular weight is 312 g/mol. The maximum absolute atomic E-state index is 4.31. The van der Waals surface area contributed by atoms with Crippen molar-refractivity contribution in [1.82, 2.24) is 24.7 Å². The Labute approximate surface area is 113 Å². The van der Waals surface area contributed by atoms with Crippen molar-refractivity contribution in [2.24, 2.45) is 7.05 Å². The summed E-state index contributed by atoms with van der Waals surface area (Å²) in [5.41, 5.74) is 0. The number of anilines is 2. The van der Waals surface area contributed by atoms with E-state index in [1.165, 1.54) is 0 Å². The summed E-state index contributed by atoms with van der Waals surface area (Å²) in [6, 6.07) is 0. The minimum Gasteiger partial charge on any atom is -0.369 e. The van der Waals surface area contributed by atoms with Gasteiger partial charge < -0.3 is 15.2 Å². The van der Waals surface area contributed by atoms with Gasteiger partial charge in [-0.05, 0) is 15.9 Å². The molecule has 18 heavy (non-hydrogen) atoms. The molecular weight excluding hydrogens is 298 g/mol. The third kappa shape index (κ3) is 2.95. The highest BCUT2D eigenvalue weighted by molar-refractivity contribution is 9.10. The Morgan fingerprint density at radius 3 is 2.94 bits per heavy atom. The fourth-order valence-electron chi connectivity index (χ4n) is 1.44. The van der Waals surface area contributed by atoms with Gasteiger partial charge in [0.2, 0.25) is 5.95 Å². The van der Waals surface area contributed by atoms with Crippen LogP contribution in [0.4, 0.5) is 11.8 Å². The van der Waals surface area contributed by atoms with Gasteiger partial charge in [0.15, 0.2) is 0 Å². The van der Waals surface area contributed by atoms with Crippen LogP contribution in [0.1, 0.15) is 5.82 Å². The molecule has 0 fully saturated rings. The van der Waals surface area contributed by atoms with Gasteiger partial charge in [-0.15, -0.1) is 10.2 Å². The Morgan fingerprint density at radius 2 is 2.28 bits per heavy atom. The molecule has 0 atom stereocenters.